The first-order chi connectivity index (χ1) is 9.86. The van der Waals surface area contributed by atoms with Crippen LogP contribution >= 0.6 is 0 Å². The van der Waals surface area contributed by atoms with Crippen molar-refractivity contribution in [3.8, 4) is 5.75 Å². The third-order valence-electron chi connectivity index (χ3n) is 4.39. The summed E-state index contributed by atoms with van der Waals surface area (Å²) in [6.45, 7) is 5.40. The molecule has 1 aromatic rings. The van der Waals surface area contributed by atoms with E-state index < -0.39 is 0 Å². The maximum absolute atomic E-state index is 5.78. The first kappa shape index (κ1) is 13.7. The molecule has 4 heteroatoms. The molecule has 0 aliphatic carbocycles. The minimum atomic E-state index is 0.535. The molecule has 2 aliphatic rings. The van der Waals surface area contributed by atoms with Crippen LogP contribution in [0.1, 0.15) is 39.0 Å². The first-order valence-electron chi connectivity index (χ1n) is 7.95. The number of aromatic nitrogens is 1. The van der Waals surface area contributed by atoms with Gasteiger partial charge < -0.3 is 15.0 Å². The number of fused-ring (bicyclic) bond motifs is 1. The number of nitrogens with zero attached hydrogens (tertiary/aromatic N) is 2. The van der Waals surface area contributed by atoms with Crippen molar-refractivity contribution in [1.82, 2.24) is 9.88 Å². The molecule has 20 heavy (non-hydrogen) atoms. The molecule has 2 fully saturated rings. The zero-order chi connectivity index (χ0) is 13.8. The van der Waals surface area contributed by atoms with E-state index in [0.29, 0.717) is 6.04 Å². The summed E-state index contributed by atoms with van der Waals surface area (Å²) in [4.78, 5) is 7.11. The van der Waals surface area contributed by atoms with Crippen LogP contribution in [0.4, 0.5) is 5.82 Å². The molecule has 0 spiro atoms. The van der Waals surface area contributed by atoms with Crippen molar-refractivity contribution in [2.24, 2.45) is 0 Å². The lowest BCUT2D eigenvalue weighted by atomic mass is 9.97. The third-order valence-corrected chi connectivity index (χ3v) is 4.39. The van der Waals surface area contributed by atoms with Crippen LogP contribution in [0.2, 0.25) is 0 Å². The Bertz CT molecular complexity index is 437. The van der Waals surface area contributed by atoms with Crippen LogP contribution in [0, 0.1) is 0 Å². The summed E-state index contributed by atoms with van der Waals surface area (Å²) in [7, 11) is 0. The summed E-state index contributed by atoms with van der Waals surface area (Å²) in [5, 5.41) is 3.61. The van der Waals surface area contributed by atoms with Crippen LogP contribution < -0.4 is 10.1 Å². The molecule has 1 N–H and O–H groups in total. The van der Waals surface area contributed by atoms with E-state index in [2.05, 4.69) is 22.1 Å². The largest absolute Gasteiger partial charge is 0.490 e. The van der Waals surface area contributed by atoms with Gasteiger partial charge in [-0.25, -0.2) is 4.98 Å². The molecular formula is C16H25N3O. The Morgan fingerprint density at radius 2 is 2.35 bits per heavy atom. The molecule has 0 radical (unpaired) electrons. The quantitative estimate of drug-likeness (QED) is 0.896. The molecule has 1 aromatic heterocycles. The zero-order valence-electron chi connectivity index (χ0n) is 12.3. The smallest absolute Gasteiger partial charge is 0.168 e. The van der Waals surface area contributed by atoms with Crippen molar-refractivity contribution in [3.63, 3.8) is 0 Å². The average molecular weight is 275 g/mol. The van der Waals surface area contributed by atoms with Crippen molar-refractivity contribution in [2.45, 2.75) is 51.1 Å². The van der Waals surface area contributed by atoms with E-state index in [1.54, 1.807) is 0 Å². The highest BCUT2D eigenvalue weighted by Crippen LogP contribution is 2.30. The number of hydrogen-bond acceptors (Lipinski definition) is 4. The van der Waals surface area contributed by atoms with Crippen molar-refractivity contribution in [1.29, 1.82) is 0 Å². The molecule has 0 aromatic carbocycles. The van der Waals surface area contributed by atoms with E-state index >= 15 is 0 Å². The van der Waals surface area contributed by atoms with Crippen LogP contribution in [0.25, 0.3) is 0 Å². The summed E-state index contributed by atoms with van der Waals surface area (Å²) in [6, 6.07) is 5.27. The topological polar surface area (TPSA) is 37.4 Å². The Morgan fingerprint density at radius 3 is 3.25 bits per heavy atom. The van der Waals surface area contributed by atoms with Crippen LogP contribution in [0.15, 0.2) is 18.3 Å². The fraction of sp³-hybridized carbons (Fsp3) is 0.688. The maximum atomic E-state index is 5.78. The SMILES string of the molecule is CCCOc1cccnc1NC1CCN2CCCC2C1. The standard InChI is InChI=1S/C16H25N3O/c1-2-11-20-15-6-3-8-17-16(15)18-13-7-10-19-9-4-5-14(19)12-13/h3,6,8,13-14H,2,4-5,7,9-12H2,1H3,(H,17,18). The Hall–Kier alpha value is -1.29. The highest BCUT2D eigenvalue weighted by molar-refractivity contribution is 5.50. The predicted octanol–water partition coefficient (Wildman–Crippen LogP) is 2.91. The van der Waals surface area contributed by atoms with E-state index in [-0.39, 0.29) is 0 Å². The number of pyridine rings is 1. The molecular weight excluding hydrogens is 250 g/mol. The molecule has 2 unspecified atom stereocenters. The van der Waals surface area contributed by atoms with Crippen molar-refractivity contribution in [2.75, 3.05) is 25.0 Å². The van der Waals surface area contributed by atoms with Crippen LogP contribution in [-0.4, -0.2) is 41.7 Å². The second kappa shape index (κ2) is 6.44. The molecule has 2 saturated heterocycles. The van der Waals surface area contributed by atoms with Gasteiger partial charge in [-0.05, 0) is 50.8 Å². The summed E-state index contributed by atoms with van der Waals surface area (Å²) in [5.41, 5.74) is 0. The fourth-order valence-electron chi connectivity index (χ4n) is 3.38. The summed E-state index contributed by atoms with van der Waals surface area (Å²) in [6.07, 6.45) is 8.04. The van der Waals surface area contributed by atoms with Crippen LogP contribution in [-0.2, 0) is 0 Å². The van der Waals surface area contributed by atoms with Crippen molar-refractivity contribution >= 4 is 5.82 Å². The van der Waals surface area contributed by atoms with Gasteiger partial charge in [-0.1, -0.05) is 6.92 Å². The van der Waals surface area contributed by atoms with E-state index in [4.69, 9.17) is 4.74 Å². The normalized spacial score (nSPS) is 26.2. The van der Waals surface area contributed by atoms with Gasteiger partial charge in [-0.3, -0.25) is 0 Å². The van der Waals surface area contributed by atoms with Gasteiger partial charge in [0.05, 0.1) is 6.61 Å². The van der Waals surface area contributed by atoms with E-state index in [1.165, 1.54) is 38.8 Å². The third kappa shape index (κ3) is 3.06. The van der Waals surface area contributed by atoms with Crippen LogP contribution in [0.3, 0.4) is 0 Å². The number of hydrogen-bond donors (Lipinski definition) is 1. The van der Waals surface area contributed by atoms with Crippen LogP contribution in [0.5, 0.6) is 5.75 Å². The Labute approximate surface area is 121 Å². The van der Waals surface area contributed by atoms with Crippen molar-refractivity contribution in [3.05, 3.63) is 18.3 Å². The summed E-state index contributed by atoms with van der Waals surface area (Å²) in [5.74, 6) is 1.81. The monoisotopic (exact) mass is 275 g/mol. The second-order valence-electron chi connectivity index (χ2n) is 5.90. The van der Waals surface area contributed by atoms with Gasteiger partial charge in [-0.15, -0.1) is 0 Å². The highest BCUT2D eigenvalue weighted by atomic mass is 16.5. The van der Waals surface area contributed by atoms with E-state index in [0.717, 1.165) is 30.6 Å². The number of rotatable bonds is 5. The summed E-state index contributed by atoms with van der Waals surface area (Å²) >= 11 is 0. The van der Waals surface area contributed by atoms with E-state index in [1.807, 2.05) is 18.3 Å². The summed E-state index contributed by atoms with van der Waals surface area (Å²) < 4.78 is 5.78. The molecule has 2 aliphatic heterocycles. The predicted molar refractivity (Wildman–Crippen MR) is 81.3 cm³/mol. The lowest BCUT2D eigenvalue weighted by Gasteiger charge is -2.35. The molecule has 3 rings (SSSR count). The van der Waals surface area contributed by atoms with Gasteiger partial charge in [-0.2, -0.15) is 0 Å². The van der Waals surface area contributed by atoms with Gasteiger partial charge in [0.15, 0.2) is 11.6 Å². The van der Waals surface area contributed by atoms with Gasteiger partial charge in [0.2, 0.25) is 0 Å². The van der Waals surface area contributed by atoms with Gasteiger partial charge in [0.1, 0.15) is 0 Å². The molecule has 3 heterocycles. The Balaban J connectivity index is 1.62. The second-order valence-corrected chi connectivity index (χ2v) is 5.90. The Morgan fingerprint density at radius 1 is 1.40 bits per heavy atom. The van der Waals surface area contributed by atoms with Gasteiger partial charge in [0.25, 0.3) is 0 Å². The minimum Gasteiger partial charge on any atom is -0.490 e. The number of ether oxygens (including phenoxy) is 1. The average Bonchev–Trinajstić information content (AvgIpc) is 2.94. The molecule has 110 valence electrons. The lowest BCUT2D eigenvalue weighted by Crippen LogP contribution is -2.42. The maximum Gasteiger partial charge on any atom is 0.168 e. The van der Waals surface area contributed by atoms with Gasteiger partial charge >= 0.3 is 0 Å². The van der Waals surface area contributed by atoms with Gasteiger partial charge in [0, 0.05) is 24.8 Å². The molecule has 2 atom stereocenters. The molecule has 0 bridgehead atoms. The van der Waals surface area contributed by atoms with Crippen molar-refractivity contribution < 1.29 is 4.74 Å². The molecule has 4 nitrogen and oxygen atoms in total. The minimum absolute atomic E-state index is 0.535. The Kier molecular flexibility index (Phi) is 4.41. The highest BCUT2D eigenvalue weighted by Gasteiger charge is 2.31. The van der Waals surface area contributed by atoms with E-state index in [9.17, 15) is 0 Å². The molecule has 0 amide bonds. The zero-order valence-corrected chi connectivity index (χ0v) is 12.3. The fourth-order valence-corrected chi connectivity index (χ4v) is 3.38. The first-order valence-corrected chi connectivity index (χ1v) is 7.95. The molecule has 0 saturated carbocycles. The lowest BCUT2D eigenvalue weighted by molar-refractivity contribution is 0.187. The number of nitrogens with one attached hydrogen (secondary N) is 1. The number of piperidine rings is 1. The number of anilines is 1.